The molecule has 0 atom stereocenters. The summed E-state index contributed by atoms with van der Waals surface area (Å²) in [6, 6.07) is 17.7. The molecular weight excluding hydrogens is 246 g/mol. The smallest absolute Gasteiger partial charge is 0.0582 e. The molecule has 0 saturated carbocycles. The quantitative estimate of drug-likeness (QED) is 0.816. The Morgan fingerprint density at radius 1 is 0.900 bits per heavy atom. The van der Waals surface area contributed by atoms with E-state index in [4.69, 9.17) is 5.11 Å². The summed E-state index contributed by atoms with van der Waals surface area (Å²) < 4.78 is 0. The van der Waals surface area contributed by atoms with Crippen LogP contribution in [0.25, 0.3) is 0 Å². The molecule has 20 heavy (non-hydrogen) atoms. The Morgan fingerprint density at radius 3 is 2.10 bits per heavy atom. The number of unbranched alkanes of at least 4 members (excludes halogenated alkanes) is 1. The molecule has 3 rings (SSSR count). The number of nitrogens with one attached hydrogen (secondary N) is 1. The summed E-state index contributed by atoms with van der Waals surface area (Å²) in [7, 11) is 0. The van der Waals surface area contributed by atoms with Crippen LogP contribution in [0.3, 0.4) is 0 Å². The fourth-order valence-electron chi connectivity index (χ4n) is 3.03. The molecule has 1 aliphatic carbocycles. The Kier molecular flexibility index (Phi) is 4.14. The molecule has 0 saturated heterocycles. The SMILES string of the molecule is OCCCCNC1c2ccccc2Cc2ccccc21. The van der Waals surface area contributed by atoms with Gasteiger partial charge in [0, 0.05) is 6.61 Å². The van der Waals surface area contributed by atoms with Crippen molar-refractivity contribution in [1.82, 2.24) is 5.32 Å². The molecule has 0 bridgehead atoms. The third kappa shape index (κ3) is 2.62. The van der Waals surface area contributed by atoms with E-state index in [1.54, 1.807) is 0 Å². The first-order valence-electron chi connectivity index (χ1n) is 7.40. The summed E-state index contributed by atoms with van der Waals surface area (Å²) in [5.74, 6) is 0. The lowest BCUT2D eigenvalue weighted by Gasteiger charge is -2.29. The highest BCUT2D eigenvalue weighted by molar-refractivity contribution is 5.48. The molecule has 0 radical (unpaired) electrons. The lowest BCUT2D eigenvalue weighted by molar-refractivity contribution is 0.283. The zero-order valence-electron chi connectivity index (χ0n) is 11.7. The summed E-state index contributed by atoms with van der Waals surface area (Å²) in [5.41, 5.74) is 5.64. The van der Waals surface area contributed by atoms with E-state index in [0.29, 0.717) is 0 Å². The molecule has 0 fully saturated rings. The number of hydrogen-bond donors (Lipinski definition) is 2. The molecule has 0 spiro atoms. The van der Waals surface area contributed by atoms with E-state index < -0.39 is 0 Å². The van der Waals surface area contributed by atoms with Crippen LogP contribution >= 0.6 is 0 Å². The van der Waals surface area contributed by atoms with Crippen molar-refractivity contribution in [2.75, 3.05) is 13.2 Å². The molecule has 2 aromatic carbocycles. The molecule has 2 aromatic rings. The average molecular weight is 267 g/mol. The lowest BCUT2D eigenvalue weighted by atomic mass is 9.82. The van der Waals surface area contributed by atoms with Gasteiger partial charge in [-0.25, -0.2) is 0 Å². The van der Waals surface area contributed by atoms with Crippen molar-refractivity contribution in [1.29, 1.82) is 0 Å². The number of hydrogen-bond acceptors (Lipinski definition) is 2. The minimum Gasteiger partial charge on any atom is -0.396 e. The van der Waals surface area contributed by atoms with E-state index in [1.165, 1.54) is 22.3 Å². The number of aliphatic hydroxyl groups is 1. The van der Waals surface area contributed by atoms with Gasteiger partial charge in [-0.1, -0.05) is 48.5 Å². The standard InChI is InChI=1S/C18H21NO/c20-12-6-5-11-19-18-16-9-3-1-7-14(16)13-15-8-2-4-10-17(15)18/h1-4,7-10,18-20H,5-6,11-13H2. The van der Waals surface area contributed by atoms with Crippen molar-refractivity contribution >= 4 is 0 Å². The fraction of sp³-hybridized carbons (Fsp3) is 0.333. The third-order valence-corrected chi connectivity index (χ3v) is 4.05. The second kappa shape index (κ2) is 6.21. The van der Waals surface area contributed by atoms with E-state index >= 15 is 0 Å². The van der Waals surface area contributed by atoms with E-state index in [9.17, 15) is 0 Å². The van der Waals surface area contributed by atoms with Crippen molar-refractivity contribution in [3.63, 3.8) is 0 Å². The number of benzene rings is 2. The van der Waals surface area contributed by atoms with Crippen LogP contribution in [0.15, 0.2) is 48.5 Å². The van der Waals surface area contributed by atoms with Crippen molar-refractivity contribution in [2.24, 2.45) is 0 Å². The highest BCUT2D eigenvalue weighted by Gasteiger charge is 2.23. The number of rotatable bonds is 5. The zero-order chi connectivity index (χ0) is 13.8. The van der Waals surface area contributed by atoms with Gasteiger partial charge >= 0.3 is 0 Å². The van der Waals surface area contributed by atoms with E-state index in [0.717, 1.165) is 25.8 Å². The molecule has 2 N–H and O–H groups in total. The largest absolute Gasteiger partial charge is 0.396 e. The van der Waals surface area contributed by atoms with Gasteiger partial charge < -0.3 is 10.4 Å². The van der Waals surface area contributed by atoms with Gasteiger partial charge in [-0.05, 0) is 48.1 Å². The van der Waals surface area contributed by atoms with Crippen LogP contribution in [0.1, 0.15) is 41.1 Å². The predicted octanol–water partition coefficient (Wildman–Crippen LogP) is 3.04. The van der Waals surface area contributed by atoms with Gasteiger partial charge in [-0.3, -0.25) is 0 Å². The van der Waals surface area contributed by atoms with Gasteiger partial charge in [0.1, 0.15) is 0 Å². The Labute approximate surface area is 120 Å². The molecule has 1 aliphatic rings. The minimum atomic E-state index is 0.277. The van der Waals surface area contributed by atoms with E-state index in [2.05, 4.69) is 53.8 Å². The molecule has 2 heteroatoms. The lowest BCUT2D eigenvalue weighted by Crippen LogP contribution is -2.28. The molecule has 0 aromatic heterocycles. The second-order valence-corrected chi connectivity index (χ2v) is 5.39. The summed E-state index contributed by atoms with van der Waals surface area (Å²) in [6.07, 6.45) is 2.90. The zero-order valence-corrected chi connectivity index (χ0v) is 11.7. The van der Waals surface area contributed by atoms with Gasteiger partial charge in [0.05, 0.1) is 6.04 Å². The first kappa shape index (κ1) is 13.3. The molecule has 0 heterocycles. The van der Waals surface area contributed by atoms with Gasteiger partial charge in [-0.15, -0.1) is 0 Å². The summed E-state index contributed by atoms with van der Waals surface area (Å²) in [4.78, 5) is 0. The Bertz CT molecular complexity index is 534. The summed E-state index contributed by atoms with van der Waals surface area (Å²) >= 11 is 0. The minimum absolute atomic E-state index is 0.277. The maximum absolute atomic E-state index is 8.89. The Balaban J connectivity index is 1.87. The monoisotopic (exact) mass is 267 g/mol. The third-order valence-electron chi connectivity index (χ3n) is 4.05. The predicted molar refractivity (Wildman–Crippen MR) is 81.9 cm³/mol. The van der Waals surface area contributed by atoms with Gasteiger partial charge in [0.15, 0.2) is 0 Å². The summed E-state index contributed by atoms with van der Waals surface area (Å²) in [5, 5.41) is 12.5. The van der Waals surface area contributed by atoms with Crippen molar-refractivity contribution in [3.05, 3.63) is 70.8 Å². The van der Waals surface area contributed by atoms with E-state index in [-0.39, 0.29) is 12.6 Å². The highest BCUT2D eigenvalue weighted by atomic mass is 16.2. The molecule has 104 valence electrons. The van der Waals surface area contributed by atoms with Crippen LogP contribution in [-0.4, -0.2) is 18.3 Å². The molecule has 0 amide bonds. The van der Waals surface area contributed by atoms with Crippen molar-refractivity contribution in [3.8, 4) is 0 Å². The maximum atomic E-state index is 8.89. The molecule has 0 unspecified atom stereocenters. The summed E-state index contributed by atoms with van der Waals surface area (Å²) in [6.45, 7) is 1.22. The second-order valence-electron chi connectivity index (χ2n) is 5.39. The Hall–Kier alpha value is -1.64. The van der Waals surface area contributed by atoms with Gasteiger partial charge in [0.25, 0.3) is 0 Å². The van der Waals surface area contributed by atoms with Crippen LogP contribution in [0.5, 0.6) is 0 Å². The normalized spacial score (nSPS) is 13.8. The van der Waals surface area contributed by atoms with Crippen LogP contribution < -0.4 is 5.32 Å². The van der Waals surface area contributed by atoms with Crippen LogP contribution in [0.4, 0.5) is 0 Å². The van der Waals surface area contributed by atoms with Crippen LogP contribution in [0.2, 0.25) is 0 Å². The number of fused-ring (bicyclic) bond motifs is 2. The van der Waals surface area contributed by atoms with Crippen molar-refractivity contribution < 1.29 is 5.11 Å². The van der Waals surface area contributed by atoms with Crippen molar-refractivity contribution in [2.45, 2.75) is 25.3 Å². The molecular formula is C18H21NO. The molecule has 0 aliphatic heterocycles. The first-order chi connectivity index (χ1) is 9.90. The maximum Gasteiger partial charge on any atom is 0.0582 e. The van der Waals surface area contributed by atoms with E-state index in [1.807, 2.05) is 0 Å². The van der Waals surface area contributed by atoms with Crippen LogP contribution in [-0.2, 0) is 6.42 Å². The van der Waals surface area contributed by atoms with Crippen LogP contribution in [0, 0.1) is 0 Å². The van der Waals surface area contributed by atoms with Gasteiger partial charge in [0.2, 0.25) is 0 Å². The van der Waals surface area contributed by atoms with Gasteiger partial charge in [-0.2, -0.15) is 0 Å². The Morgan fingerprint density at radius 2 is 1.50 bits per heavy atom. The average Bonchev–Trinajstić information content (AvgIpc) is 2.50. The highest BCUT2D eigenvalue weighted by Crippen LogP contribution is 2.34. The number of aliphatic hydroxyl groups excluding tert-OH is 1. The topological polar surface area (TPSA) is 32.3 Å². The molecule has 2 nitrogen and oxygen atoms in total. The first-order valence-corrected chi connectivity index (χ1v) is 7.40. The fourth-order valence-corrected chi connectivity index (χ4v) is 3.03.